The van der Waals surface area contributed by atoms with Crippen LogP contribution in [0.15, 0.2) is 39.4 Å². The maximum atomic E-state index is 13.9. The fourth-order valence-electron chi connectivity index (χ4n) is 1.90. The van der Waals surface area contributed by atoms with Gasteiger partial charge in [0, 0.05) is 6.04 Å². The Morgan fingerprint density at radius 2 is 2.17 bits per heavy atom. The average molecular weight is 312 g/mol. The molecule has 4 heteroatoms. The molecule has 0 saturated heterocycles. The summed E-state index contributed by atoms with van der Waals surface area (Å²) in [6.45, 7) is 4.97. The van der Waals surface area contributed by atoms with E-state index in [9.17, 15) is 4.39 Å². The standard InChI is InChI=1S/C14H15BrFNO/c1-3-17-9(2)10-4-5-13(16)11(8-10)14-12(15)6-7-18-14/h4-9,17H,3H2,1-2H3. The lowest BCUT2D eigenvalue weighted by Crippen LogP contribution is -2.17. The van der Waals surface area contributed by atoms with Gasteiger partial charge in [0.2, 0.25) is 0 Å². The predicted molar refractivity (Wildman–Crippen MR) is 73.9 cm³/mol. The fourth-order valence-corrected chi connectivity index (χ4v) is 2.31. The Labute approximate surface area is 114 Å². The van der Waals surface area contributed by atoms with Crippen LogP contribution < -0.4 is 5.32 Å². The van der Waals surface area contributed by atoms with Crippen molar-refractivity contribution in [2.24, 2.45) is 0 Å². The summed E-state index contributed by atoms with van der Waals surface area (Å²) in [5.41, 5.74) is 1.52. The molecule has 0 aliphatic heterocycles. The summed E-state index contributed by atoms with van der Waals surface area (Å²) in [5, 5.41) is 3.30. The molecule has 2 nitrogen and oxygen atoms in total. The first kappa shape index (κ1) is 13.3. The molecule has 96 valence electrons. The van der Waals surface area contributed by atoms with Crippen LogP contribution in [-0.4, -0.2) is 6.54 Å². The van der Waals surface area contributed by atoms with Gasteiger partial charge in [0.05, 0.1) is 16.3 Å². The molecular weight excluding hydrogens is 297 g/mol. The molecule has 1 atom stereocenters. The summed E-state index contributed by atoms with van der Waals surface area (Å²) in [5.74, 6) is 0.246. The maximum absolute atomic E-state index is 13.9. The Bertz CT molecular complexity index is 538. The van der Waals surface area contributed by atoms with Crippen LogP contribution in [0.2, 0.25) is 0 Å². The minimum absolute atomic E-state index is 0.183. The first-order chi connectivity index (χ1) is 8.63. The Kier molecular flexibility index (Phi) is 4.19. The molecule has 0 aliphatic rings. The van der Waals surface area contributed by atoms with Crippen molar-refractivity contribution in [3.05, 3.63) is 46.4 Å². The summed E-state index contributed by atoms with van der Waals surface area (Å²) in [7, 11) is 0. The van der Waals surface area contributed by atoms with Crippen LogP contribution in [-0.2, 0) is 0 Å². The van der Waals surface area contributed by atoms with Gasteiger partial charge in [-0.3, -0.25) is 0 Å². The Morgan fingerprint density at radius 1 is 1.39 bits per heavy atom. The molecule has 1 N–H and O–H groups in total. The molecule has 2 aromatic rings. The van der Waals surface area contributed by atoms with Gasteiger partial charge in [0.25, 0.3) is 0 Å². The van der Waals surface area contributed by atoms with Gasteiger partial charge in [-0.15, -0.1) is 0 Å². The highest BCUT2D eigenvalue weighted by atomic mass is 79.9. The van der Waals surface area contributed by atoms with Crippen molar-refractivity contribution < 1.29 is 8.81 Å². The summed E-state index contributed by atoms with van der Waals surface area (Å²) in [6, 6.07) is 7.04. The molecule has 1 aromatic carbocycles. The van der Waals surface area contributed by atoms with Gasteiger partial charge >= 0.3 is 0 Å². The summed E-state index contributed by atoms with van der Waals surface area (Å²) in [6.07, 6.45) is 1.54. The molecule has 0 radical (unpaired) electrons. The van der Waals surface area contributed by atoms with Gasteiger partial charge in [-0.1, -0.05) is 13.0 Å². The van der Waals surface area contributed by atoms with Crippen LogP contribution in [0.25, 0.3) is 11.3 Å². The van der Waals surface area contributed by atoms with Gasteiger partial charge in [-0.2, -0.15) is 0 Å². The number of benzene rings is 1. The number of hydrogen-bond acceptors (Lipinski definition) is 2. The zero-order valence-electron chi connectivity index (χ0n) is 10.3. The zero-order chi connectivity index (χ0) is 13.1. The number of hydrogen-bond donors (Lipinski definition) is 1. The van der Waals surface area contributed by atoms with Gasteiger partial charge < -0.3 is 9.73 Å². The smallest absolute Gasteiger partial charge is 0.150 e. The van der Waals surface area contributed by atoms with Crippen molar-refractivity contribution in [3.63, 3.8) is 0 Å². The summed E-state index contributed by atoms with van der Waals surface area (Å²) in [4.78, 5) is 0. The van der Waals surface area contributed by atoms with E-state index >= 15 is 0 Å². The SMILES string of the molecule is CCNC(C)c1ccc(F)c(-c2occc2Br)c1. The third kappa shape index (κ3) is 2.65. The molecule has 2 rings (SSSR count). The monoisotopic (exact) mass is 311 g/mol. The van der Waals surface area contributed by atoms with Gasteiger partial charge in [-0.25, -0.2) is 4.39 Å². The predicted octanol–water partition coefficient (Wildman–Crippen LogP) is 4.52. The van der Waals surface area contributed by atoms with Gasteiger partial charge in [-0.05, 0) is 53.2 Å². The summed E-state index contributed by atoms with van der Waals surface area (Å²) < 4.78 is 19.9. The van der Waals surface area contributed by atoms with Crippen molar-refractivity contribution in [3.8, 4) is 11.3 Å². The van der Waals surface area contributed by atoms with E-state index in [1.165, 1.54) is 6.07 Å². The second-order valence-electron chi connectivity index (χ2n) is 4.12. The third-order valence-electron chi connectivity index (χ3n) is 2.86. The van der Waals surface area contributed by atoms with E-state index in [1.807, 2.05) is 13.0 Å². The van der Waals surface area contributed by atoms with E-state index in [0.717, 1.165) is 16.6 Å². The normalized spacial score (nSPS) is 12.7. The lowest BCUT2D eigenvalue weighted by molar-refractivity contribution is 0.565. The molecule has 0 amide bonds. The highest BCUT2D eigenvalue weighted by Gasteiger charge is 2.14. The summed E-state index contributed by atoms with van der Waals surface area (Å²) >= 11 is 3.35. The van der Waals surface area contributed by atoms with E-state index in [2.05, 4.69) is 28.2 Å². The van der Waals surface area contributed by atoms with E-state index in [1.54, 1.807) is 18.4 Å². The lowest BCUT2D eigenvalue weighted by Gasteiger charge is -2.14. The van der Waals surface area contributed by atoms with Crippen molar-refractivity contribution in [1.82, 2.24) is 5.32 Å². The maximum Gasteiger partial charge on any atom is 0.150 e. The van der Waals surface area contributed by atoms with Crippen LogP contribution in [0.4, 0.5) is 4.39 Å². The molecule has 0 saturated carbocycles. The Morgan fingerprint density at radius 3 is 2.78 bits per heavy atom. The number of rotatable bonds is 4. The zero-order valence-corrected chi connectivity index (χ0v) is 11.9. The third-order valence-corrected chi connectivity index (χ3v) is 3.49. The topological polar surface area (TPSA) is 25.2 Å². The quantitative estimate of drug-likeness (QED) is 0.898. The van der Waals surface area contributed by atoms with Crippen LogP contribution in [0.1, 0.15) is 25.5 Å². The Hall–Kier alpha value is -1.13. The lowest BCUT2D eigenvalue weighted by atomic mass is 10.0. The molecule has 0 bridgehead atoms. The molecular formula is C14H15BrFNO. The highest BCUT2D eigenvalue weighted by molar-refractivity contribution is 9.10. The number of furan rings is 1. The fraction of sp³-hybridized carbons (Fsp3) is 0.286. The molecule has 1 unspecified atom stereocenters. The largest absolute Gasteiger partial charge is 0.463 e. The van der Waals surface area contributed by atoms with Gasteiger partial charge in [0.1, 0.15) is 5.82 Å². The minimum Gasteiger partial charge on any atom is -0.463 e. The van der Waals surface area contributed by atoms with Crippen LogP contribution >= 0.6 is 15.9 Å². The average Bonchev–Trinajstić information content (AvgIpc) is 2.76. The van der Waals surface area contributed by atoms with E-state index in [4.69, 9.17) is 4.42 Å². The van der Waals surface area contributed by atoms with Gasteiger partial charge in [0.15, 0.2) is 5.76 Å². The molecule has 0 fully saturated rings. The molecule has 0 spiro atoms. The van der Waals surface area contributed by atoms with Crippen molar-refractivity contribution in [1.29, 1.82) is 0 Å². The Balaban J connectivity index is 2.42. The molecule has 0 aliphatic carbocycles. The van der Waals surface area contributed by atoms with Crippen LogP contribution in [0.5, 0.6) is 0 Å². The van der Waals surface area contributed by atoms with E-state index in [0.29, 0.717) is 11.3 Å². The van der Waals surface area contributed by atoms with Crippen molar-refractivity contribution in [2.75, 3.05) is 6.54 Å². The van der Waals surface area contributed by atoms with E-state index < -0.39 is 0 Å². The number of halogens is 2. The highest BCUT2D eigenvalue weighted by Crippen LogP contribution is 2.32. The first-order valence-electron chi connectivity index (χ1n) is 5.89. The molecule has 1 heterocycles. The van der Waals surface area contributed by atoms with E-state index in [-0.39, 0.29) is 11.9 Å². The first-order valence-corrected chi connectivity index (χ1v) is 6.69. The number of nitrogens with one attached hydrogen (secondary N) is 1. The minimum atomic E-state index is -0.280. The molecule has 1 aromatic heterocycles. The molecule has 18 heavy (non-hydrogen) atoms. The van der Waals surface area contributed by atoms with Crippen molar-refractivity contribution in [2.45, 2.75) is 19.9 Å². The van der Waals surface area contributed by atoms with Crippen LogP contribution in [0.3, 0.4) is 0 Å². The second kappa shape index (κ2) is 5.67. The van der Waals surface area contributed by atoms with Crippen LogP contribution in [0, 0.1) is 5.82 Å². The second-order valence-corrected chi connectivity index (χ2v) is 4.97. The van der Waals surface area contributed by atoms with Crippen molar-refractivity contribution >= 4 is 15.9 Å².